The van der Waals surface area contributed by atoms with Gasteiger partial charge in [0.05, 0.1) is 22.5 Å². The van der Waals surface area contributed by atoms with Gasteiger partial charge < -0.3 is 5.84 Å². The minimum absolute atomic E-state index is 0.265. The summed E-state index contributed by atoms with van der Waals surface area (Å²) in [5, 5.41) is 9.86. The highest BCUT2D eigenvalue weighted by Crippen LogP contribution is 2.21. The number of hydrogen-bond acceptors (Lipinski definition) is 5. The van der Waals surface area contributed by atoms with Crippen molar-refractivity contribution in [3.05, 3.63) is 70.0 Å². The van der Waals surface area contributed by atoms with Crippen molar-refractivity contribution in [3.8, 4) is 6.07 Å². The number of benzene rings is 2. The van der Waals surface area contributed by atoms with E-state index in [1.807, 2.05) is 24.3 Å². The molecule has 1 aromatic heterocycles. The molecule has 3 aromatic rings. The average Bonchev–Trinajstić information content (AvgIpc) is 2.57. The molecule has 6 heteroatoms. The lowest BCUT2D eigenvalue weighted by molar-refractivity contribution is 0.779. The fourth-order valence-corrected chi connectivity index (χ4v) is 2.97. The molecule has 0 unspecified atom stereocenters. The lowest BCUT2D eigenvalue weighted by atomic mass is 10.2. The molecule has 0 saturated carbocycles. The van der Waals surface area contributed by atoms with Gasteiger partial charge in [0.1, 0.15) is 0 Å². The Morgan fingerprint density at radius 1 is 1.23 bits per heavy atom. The number of rotatable bonds is 3. The number of aromatic nitrogens is 2. The number of nitrogens with zero attached hydrogens (tertiary/aromatic N) is 3. The smallest absolute Gasteiger partial charge is 0.280 e. The van der Waals surface area contributed by atoms with Crippen molar-refractivity contribution in [1.29, 1.82) is 5.26 Å². The Morgan fingerprint density at radius 2 is 2.05 bits per heavy atom. The molecule has 0 radical (unpaired) electrons. The predicted molar refractivity (Wildman–Crippen MR) is 86.9 cm³/mol. The molecule has 0 atom stereocenters. The fraction of sp³-hybridized carbons (Fsp3) is 0.0625. The van der Waals surface area contributed by atoms with Gasteiger partial charge in [-0.25, -0.2) is 9.66 Å². The first-order chi connectivity index (χ1) is 10.7. The van der Waals surface area contributed by atoms with Gasteiger partial charge in [0.25, 0.3) is 5.56 Å². The number of fused-ring (bicyclic) bond motifs is 1. The third-order valence-electron chi connectivity index (χ3n) is 3.20. The monoisotopic (exact) mass is 308 g/mol. The van der Waals surface area contributed by atoms with E-state index in [2.05, 4.69) is 11.1 Å². The van der Waals surface area contributed by atoms with E-state index < -0.39 is 0 Å². The molecule has 0 amide bonds. The maximum Gasteiger partial charge on any atom is 0.280 e. The molecule has 0 bridgehead atoms. The van der Waals surface area contributed by atoms with E-state index in [1.54, 1.807) is 24.3 Å². The van der Waals surface area contributed by atoms with Crippen LogP contribution in [0.5, 0.6) is 0 Å². The van der Waals surface area contributed by atoms with Crippen LogP contribution in [-0.2, 0) is 5.75 Å². The van der Waals surface area contributed by atoms with E-state index in [-0.39, 0.29) is 5.56 Å². The van der Waals surface area contributed by atoms with Gasteiger partial charge in [-0.05, 0) is 29.8 Å². The van der Waals surface area contributed by atoms with Crippen molar-refractivity contribution >= 4 is 22.7 Å². The van der Waals surface area contributed by atoms with Crippen LogP contribution in [0, 0.1) is 11.3 Å². The van der Waals surface area contributed by atoms with Gasteiger partial charge in [-0.1, -0.05) is 36.0 Å². The van der Waals surface area contributed by atoms with Gasteiger partial charge in [-0.2, -0.15) is 5.26 Å². The standard InChI is InChI=1S/C16H12N4OS/c17-9-11-4-3-5-12(8-11)10-22-16-19-14-7-2-1-6-13(14)15(21)20(16)18/h1-8H,10,18H2. The molecule has 0 saturated heterocycles. The molecule has 1 heterocycles. The van der Waals surface area contributed by atoms with E-state index in [4.69, 9.17) is 11.1 Å². The molecule has 0 fully saturated rings. The molecule has 0 aliphatic rings. The summed E-state index contributed by atoms with van der Waals surface area (Å²) in [5.41, 5.74) is 1.95. The lowest BCUT2D eigenvalue weighted by Gasteiger charge is -2.08. The molecule has 3 rings (SSSR count). The maximum atomic E-state index is 12.2. The van der Waals surface area contributed by atoms with Crippen molar-refractivity contribution in [2.45, 2.75) is 10.9 Å². The third-order valence-corrected chi connectivity index (χ3v) is 4.22. The zero-order valence-electron chi connectivity index (χ0n) is 11.6. The Bertz CT molecular complexity index is 943. The molecular weight excluding hydrogens is 296 g/mol. The largest absolute Gasteiger partial charge is 0.334 e. The number of thioether (sulfide) groups is 1. The highest BCUT2D eigenvalue weighted by Gasteiger charge is 2.09. The van der Waals surface area contributed by atoms with Gasteiger partial charge >= 0.3 is 0 Å². The van der Waals surface area contributed by atoms with E-state index >= 15 is 0 Å². The first-order valence-electron chi connectivity index (χ1n) is 6.58. The topological polar surface area (TPSA) is 84.7 Å². The highest BCUT2D eigenvalue weighted by atomic mass is 32.2. The van der Waals surface area contributed by atoms with E-state index in [9.17, 15) is 4.79 Å². The minimum atomic E-state index is -0.265. The minimum Gasteiger partial charge on any atom is -0.334 e. The quantitative estimate of drug-likeness (QED) is 0.456. The Morgan fingerprint density at radius 3 is 2.86 bits per heavy atom. The van der Waals surface area contributed by atoms with Crippen LogP contribution in [0.3, 0.4) is 0 Å². The molecule has 5 nitrogen and oxygen atoms in total. The van der Waals surface area contributed by atoms with E-state index in [0.29, 0.717) is 27.4 Å². The molecule has 2 N–H and O–H groups in total. The van der Waals surface area contributed by atoms with E-state index in [0.717, 1.165) is 10.2 Å². The van der Waals surface area contributed by atoms with Gasteiger partial charge in [0.15, 0.2) is 5.16 Å². The van der Waals surface area contributed by atoms with Crippen molar-refractivity contribution in [1.82, 2.24) is 9.66 Å². The molecule has 2 aromatic carbocycles. The Labute approximate surface area is 131 Å². The Hall–Kier alpha value is -2.78. The van der Waals surface area contributed by atoms with E-state index in [1.165, 1.54) is 11.8 Å². The summed E-state index contributed by atoms with van der Waals surface area (Å²) in [6, 6.07) is 16.5. The first kappa shape index (κ1) is 14.2. The van der Waals surface area contributed by atoms with Gasteiger partial charge in [0.2, 0.25) is 0 Å². The van der Waals surface area contributed by atoms with Crippen LogP contribution in [0.1, 0.15) is 11.1 Å². The highest BCUT2D eigenvalue weighted by molar-refractivity contribution is 7.98. The number of nitrogen functional groups attached to an aromatic ring is 1. The van der Waals surface area contributed by atoms with Crippen LogP contribution < -0.4 is 11.4 Å². The fourth-order valence-electron chi connectivity index (χ4n) is 2.11. The summed E-state index contributed by atoms with van der Waals surface area (Å²) in [6.07, 6.45) is 0. The molecule has 0 aliphatic heterocycles. The third kappa shape index (κ3) is 2.67. The van der Waals surface area contributed by atoms with Crippen molar-refractivity contribution in [2.24, 2.45) is 0 Å². The Kier molecular flexibility index (Phi) is 3.81. The number of para-hydroxylation sites is 1. The first-order valence-corrected chi connectivity index (χ1v) is 7.56. The summed E-state index contributed by atoms with van der Waals surface area (Å²) in [4.78, 5) is 16.6. The molecule has 108 valence electrons. The average molecular weight is 308 g/mol. The van der Waals surface area contributed by atoms with Crippen molar-refractivity contribution in [2.75, 3.05) is 5.84 Å². The second-order valence-corrected chi connectivity index (χ2v) is 5.63. The predicted octanol–water partition coefficient (Wildman–Crippen LogP) is 2.27. The normalized spacial score (nSPS) is 10.5. The summed E-state index contributed by atoms with van der Waals surface area (Å²) >= 11 is 1.37. The molecular formula is C16H12N4OS. The number of hydrogen-bond donors (Lipinski definition) is 1. The van der Waals surface area contributed by atoms with Crippen molar-refractivity contribution in [3.63, 3.8) is 0 Å². The lowest BCUT2D eigenvalue weighted by Crippen LogP contribution is -2.29. The zero-order valence-corrected chi connectivity index (χ0v) is 12.4. The van der Waals surface area contributed by atoms with Gasteiger partial charge in [-0.3, -0.25) is 4.79 Å². The van der Waals surface area contributed by atoms with Crippen molar-refractivity contribution < 1.29 is 0 Å². The summed E-state index contributed by atoms with van der Waals surface area (Å²) in [7, 11) is 0. The second kappa shape index (κ2) is 5.92. The zero-order chi connectivity index (χ0) is 15.5. The number of nitriles is 1. The summed E-state index contributed by atoms with van der Waals surface area (Å²) in [5.74, 6) is 6.42. The van der Waals surface area contributed by atoms with Crippen LogP contribution in [0.15, 0.2) is 58.5 Å². The maximum absolute atomic E-state index is 12.2. The van der Waals surface area contributed by atoms with Crippen LogP contribution in [0.2, 0.25) is 0 Å². The van der Waals surface area contributed by atoms with Crippen LogP contribution >= 0.6 is 11.8 Å². The molecule has 0 spiro atoms. The van der Waals surface area contributed by atoms with Crippen LogP contribution in [0.25, 0.3) is 10.9 Å². The molecule has 0 aliphatic carbocycles. The number of nitrogens with two attached hydrogens (primary N) is 1. The van der Waals surface area contributed by atoms with Gasteiger partial charge in [0, 0.05) is 5.75 Å². The summed E-state index contributed by atoms with van der Waals surface area (Å²) < 4.78 is 1.07. The van der Waals surface area contributed by atoms with Gasteiger partial charge in [-0.15, -0.1) is 0 Å². The summed E-state index contributed by atoms with van der Waals surface area (Å²) in [6.45, 7) is 0. The SMILES string of the molecule is N#Cc1cccc(CSc2nc3ccccc3c(=O)n2N)c1. The second-order valence-electron chi connectivity index (χ2n) is 4.69. The van der Waals surface area contributed by atoms with Crippen LogP contribution in [-0.4, -0.2) is 9.66 Å². The Balaban J connectivity index is 1.92. The van der Waals surface area contributed by atoms with Crippen LogP contribution in [0.4, 0.5) is 0 Å². The molecule has 22 heavy (non-hydrogen) atoms.